The molecule has 0 spiro atoms. The van der Waals surface area contributed by atoms with E-state index in [0.29, 0.717) is 0 Å². The van der Waals surface area contributed by atoms with Gasteiger partial charge in [0.2, 0.25) is 0 Å². The first-order valence-corrected chi connectivity index (χ1v) is 6.63. The zero-order valence-electron chi connectivity index (χ0n) is 8.56. The zero-order valence-corrected chi connectivity index (χ0v) is 12.3. The summed E-state index contributed by atoms with van der Waals surface area (Å²) < 4.78 is 3.81. The molecule has 1 atom stereocenters. The van der Waals surface area contributed by atoms with Crippen molar-refractivity contribution in [1.82, 2.24) is 9.78 Å². The number of halogens is 2. The highest BCUT2D eigenvalue weighted by Crippen LogP contribution is 2.25. The van der Waals surface area contributed by atoms with Gasteiger partial charge < -0.3 is 5.11 Å². The monoisotopic (exact) mass is 392 g/mol. The summed E-state index contributed by atoms with van der Waals surface area (Å²) in [5, 5.41) is 13.7. The molecule has 0 aliphatic heterocycles. The van der Waals surface area contributed by atoms with Crippen molar-refractivity contribution in [2.75, 3.05) is 0 Å². The molecule has 0 fully saturated rings. The molecule has 1 unspecified atom stereocenters. The van der Waals surface area contributed by atoms with E-state index in [4.69, 9.17) is 0 Å². The van der Waals surface area contributed by atoms with Crippen molar-refractivity contribution < 1.29 is 5.11 Å². The smallest absolute Gasteiger partial charge is 0.0788 e. The Kier molecular flexibility index (Phi) is 3.66. The van der Waals surface area contributed by atoms with Gasteiger partial charge in [-0.25, -0.2) is 4.68 Å². The lowest BCUT2D eigenvalue weighted by molar-refractivity contribution is 0.199. The number of rotatable bonds is 2. The molecular formula is C11H10BrIN2O. The molecule has 0 aliphatic rings. The maximum absolute atomic E-state index is 9.47. The van der Waals surface area contributed by atoms with Crippen molar-refractivity contribution >= 4 is 38.5 Å². The number of aliphatic hydroxyl groups excluding tert-OH is 1. The average molecular weight is 393 g/mol. The zero-order chi connectivity index (χ0) is 11.7. The van der Waals surface area contributed by atoms with E-state index < -0.39 is 6.10 Å². The van der Waals surface area contributed by atoms with E-state index in [1.807, 2.05) is 24.4 Å². The summed E-state index contributed by atoms with van der Waals surface area (Å²) in [6, 6.07) is 5.75. The third kappa shape index (κ3) is 2.46. The molecule has 2 aromatic rings. The lowest BCUT2D eigenvalue weighted by Crippen LogP contribution is -1.98. The number of nitrogens with zero attached hydrogens (tertiary/aromatic N) is 2. The van der Waals surface area contributed by atoms with E-state index >= 15 is 0 Å². The minimum Gasteiger partial charge on any atom is -0.389 e. The molecule has 84 valence electrons. The van der Waals surface area contributed by atoms with Crippen molar-refractivity contribution in [2.24, 2.45) is 0 Å². The Morgan fingerprint density at radius 1 is 1.50 bits per heavy atom. The molecule has 16 heavy (non-hydrogen) atoms. The van der Waals surface area contributed by atoms with Crippen LogP contribution in [0.15, 0.2) is 35.1 Å². The van der Waals surface area contributed by atoms with Gasteiger partial charge in [-0.2, -0.15) is 5.10 Å². The first-order valence-electron chi connectivity index (χ1n) is 4.76. The maximum Gasteiger partial charge on any atom is 0.0788 e. The highest BCUT2D eigenvalue weighted by molar-refractivity contribution is 14.1. The maximum atomic E-state index is 9.47. The molecule has 5 heteroatoms. The predicted molar refractivity (Wildman–Crippen MR) is 74.6 cm³/mol. The minimum atomic E-state index is -0.455. The number of hydrogen-bond donors (Lipinski definition) is 1. The Bertz CT molecular complexity index is 510. The van der Waals surface area contributed by atoms with E-state index in [1.165, 1.54) is 0 Å². The van der Waals surface area contributed by atoms with Gasteiger partial charge in [-0.1, -0.05) is 6.07 Å². The number of aliphatic hydroxyl groups is 1. The summed E-state index contributed by atoms with van der Waals surface area (Å²) in [5.74, 6) is 0. The summed E-state index contributed by atoms with van der Waals surface area (Å²) in [5.41, 5.74) is 1.85. The lowest BCUT2D eigenvalue weighted by Gasteiger charge is -2.09. The van der Waals surface area contributed by atoms with Crippen LogP contribution in [0.5, 0.6) is 0 Å². The number of benzene rings is 1. The van der Waals surface area contributed by atoms with E-state index in [-0.39, 0.29) is 0 Å². The van der Waals surface area contributed by atoms with Crippen LogP contribution >= 0.6 is 38.5 Å². The van der Waals surface area contributed by atoms with Crippen LogP contribution in [0.3, 0.4) is 0 Å². The van der Waals surface area contributed by atoms with Crippen LogP contribution in [0.25, 0.3) is 5.69 Å². The van der Waals surface area contributed by atoms with Gasteiger partial charge in [-0.3, -0.25) is 0 Å². The highest BCUT2D eigenvalue weighted by Gasteiger charge is 2.07. The Balaban J connectivity index is 2.44. The molecule has 1 N–H and O–H groups in total. The Morgan fingerprint density at radius 2 is 2.25 bits per heavy atom. The van der Waals surface area contributed by atoms with Crippen LogP contribution in [0, 0.1) is 3.57 Å². The fraction of sp³-hybridized carbons (Fsp3) is 0.182. The van der Waals surface area contributed by atoms with Crippen LogP contribution in [0.4, 0.5) is 0 Å². The third-order valence-electron chi connectivity index (χ3n) is 2.25. The van der Waals surface area contributed by atoms with Gasteiger partial charge in [0.25, 0.3) is 0 Å². The van der Waals surface area contributed by atoms with Crippen LogP contribution in [-0.4, -0.2) is 14.9 Å². The molecule has 0 amide bonds. The molecule has 1 heterocycles. The van der Waals surface area contributed by atoms with Gasteiger partial charge >= 0.3 is 0 Å². The normalized spacial score (nSPS) is 12.8. The highest BCUT2D eigenvalue weighted by atomic mass is 127. The molecule has 0 saturated heterocycles. The summed E-state index contributed by atoms with van der Waals surface area (Å²) in [6.07, 6.45) is 3.29. The fourth-order valence-corrected chi connectivity index (χ4v) is 2.37. The predicted octanol–water partition coefficient (Wildman–Crippen LogP) is 3.29. The van der Waals surface area contributed by atoms with Crippen molar-refractivity contribution in [3.05, 3.63) is 44.2 Å². The van der Waals surface area contributed by atoms with Crippen molar-refractivity contribution in [3.8, 4) is 5.69 Å². The van der Waals surface area contributed by atoms with E-state index in [0.717, 1.165) is 19.3 Å². The first kappa shape index (κ1) is 12.1. The number of hydrogen-bond acceptors (Lipinski definition) is 2. The van der Waals surface area contributed by atoms with Gasteiger partial charge in [-0.15, -0.1) is 0 Å². The second kappa shape index (κ2) is 4.85. The standard InChI is InChI=1S/C11H10BrIN2O/c1-7(16)8-2-3-11(10(12)4-8)15-6-9(13)5-14-15/h2-7,16H,1H3. The topological polar surface area (TPSA) is 38.0 Å². The second-order valence-corrected chi connectivity index (χ2v) is 5.59. The second-order valence-electron chi connectivity index (χ2n) is 3.49. The first-order chi connectivity index (χ1) is 7.58. The van der Waals surface area contributed by atoms with E-state index in [9.17, 15) is 5.11 Å². The lowest BCUT2D eigenvalue weighted by atomic mass is 10.1. The van der Waals surface area contributed by atoms with Crippen molar-refractivity contribution in [3.63, 3.8) is 0 Å². The summed E-state index contributed by atoms with van der Waals surface area (Å²) in [6.45, 7) is 1.75. The molecule has 0 bridgehead atoms. The van der Waals surface area contributed by atoms with Crippen molar-refractivity contribution in [1.29, 1.82) is 0 Å². The SMILES string of the molecule is CC(O)c1ccc(-n2cc(I)cn2)c(Br)c1. The van der Waals surface area contributed by atoms with Gasteiger partial charge in [0.15, 0.2) is 0 Å². The molecule has 0 radical (unpaired) electrons. The Hall–Kier alpha value is -0.400. The quantitative estimate of drug-likeness (QED) is 0.796. The largest absolute Gasteiger partial charge is 0.389 e. The fourth-order valence-electron chi connectivity index (χ4n) is 1.40. The number of aromatic nitrogens is 2. The summed E-state index contributed by atoms with van der Waals surface area (Å²) in [7, 11) is 0. The molecule has 0 saturated carbocycles. The Morgan fingerprint density at radius 3 is 2.75 bits per heavy atom. The van der Waals surface area contributed by atoms with Gasteiger partial charge in [0.1, 0.15) is 0 Å². The van der Waals surface area contributed by atoms with Gasteiger partial charge in [-0.05, 0) is 63.1 Å². The van der Waals surface area contributed by atoms with Gasteiger partial charge in [0, 0.05) is 10.7 Å². The molecule has 1 aromatic heterocycles. The van der Waals surface area contributed by atoms with Crippen LogP contribution in [0.2, 0.25) is 0 Å². The Labute approximate surface area is 116 Å². The summed E-state index contributed by atoms with van der Waals surface area (Å²) >= 11 is 5.70. The van der Waals surface area contributed by atoms with E-state index in [2.05, 4.69) is 43.6 Å². The molecular weight excluding hydrogens is 383 g/mol. The molecule has 3 nitrogen and oxygen atoms in total. The van der Waals surface area contributed by atoms with Crippen LogP contribution in [0.1, 0.15) is 18.6 Å². The summed E-state index contributed by atoms with van der Waals surface area (Å²) in [4.78, 5) is 0. The molecule has 2 rings (SSSR count). The van der Waals surface area contributed by atoms with Crippen LogP contribution < -0.4 is 0 Å². The minimum absolute atomic E-state index is 0.455. The molecule has 1 aromatic carbocycles. The van der Waals surface area contributed by atoms with E-state index in [1.54, 1.807) is 17.8 Å². The average Bonchev–Trinajstić information content (AvgIpc) is 2.64. The van der Waals surface area contributed by atoms with Crippen molar-refractivity contribution in [2.45, 2.75) is 13.0 Å². The molecule has 0 aliphatic carbocycles. The van der Waals surface area contributed by atoms with Crippen LogP contribution in [-0.2, 0) is 0 Å². The van der Waals surface area contributed by atoms with Gasteiger partial charge in [0.05, 0.1) is 21.6 Å². The third-order valence-corrected chi connectivity index (χ3v) is 3.44.